The average molecular weight is 196 g/mol. The highest BCUT2D eigenvalue weighted by Crippen LogP contribution is 2.12. The van der Waals surface area contributed by atoms with Crippen molar-refractivity contribution in [3.05, 3.63) is 42.1 Å². The van der Waals surface area contributed by atoms with E-state index in [0.717, 1.165) is 16.5 Å². The standard InChI is InChI=1S/C13H12N2/c1-14-8-2-4-11-6-7-12-5-3-9-15-13(12)10-11/h3,5-7,9-10,14H,8H2,1H3. The summed E-state index contributed by atoms with van der Waals surface area (Å²) in [6.07, 6.45) is 1.80. The Labute approximate surface area is 89.3 Å². The van der Waals surface area contributed by atoms with Crippen molar-refractivity contribution in [2.45, 2.75) is 0 Å². The molecular formula is C13H12N2. The molecule has 0 aliphatic carbocycles. The zero-order chi connectivity index (χ0) is 10.5. The van der Waals surface area contributed by atoms with Crippen LogP contribution in [0.2, 0.25) is 0 Å². The lowest BCUT2D eigenvalue weighted by atomic mass is 10.1. The Morgan fingerprint density at radius 1 is 1.33 bits per heavy atom. The topological polar surface area (TPSA) is 24.9 Å². The summed E-state index contributed by atoms with van der Waals surface area (Å²) in [5.74, 6) is 6.11. The third kappa shape index (κ3) is 2.34. The molecular weight excluding hydrogens is 184 g/mol. The van der Waals surface area contributed by atoms with E-state index in [-0.39, 0.29) is 0 Å². The molecule has 0 fully saturated rings. The predicted octanol–water partition coefficient (Wildman–Crippen LogP) is 1.81. The summed E-state index contributed by atoms with van der Waals surface area (Å²) in [6, 6.07) is 10.1. The molecule has 0 unspecified atom stereocenters. The second-order valence-electron chi connectivity index (χ2n) is 3.24. The maximum Gasteiger partial charge on any atom is 0.0714 e. The van der Waals surface area contributed by atoms with Crippen LogP contribution in [-0.2, 0) is 0 Å². The highest BCUT2D eigenvalue weighted by molar-refractivity contribution is 5.79. The van der Waals surface area contributed by atoms with Crippen LogP contribution in [0, 0.1) is 11.8 Å². The molecule has 0 aliphatic rings. The molecule has 0 radical (unpaired) electrons. The molecule has 1 N–H and O–H groups in total. The fourth-order valence-corrected chi connectivity index (χ4v) is 1.38. The number of nitrogens with one attached hydrogen (secondary N) is 1. The smallest absolute Gasteiger partial charge is 0.0714 e. The molecule has 0 saturated carbocycles. The van der Waals surface area contributed by atoms with E-state index in [4.69, 9.17) is 0 Å². The van der Waals surface area contributed by atoms with Crippen LogP contribution in [-0.4, -0.2) is 18.6 Å². The van der Waals surface area contributed by atoms with Crippen LogP contribution in [0.5, 0.6) is 0 Å². The highest BCUT2D eigenvalue weighted by Gasteiger charge is 1.93. The minimum Gasteiger partial charge on any atom is -0.309 e. The number of fused-ring (bicyclic) bond motifs is 1. The Morgan fingerprint density at radius 3 is 3.13 bits per heavy atom. The highest BCUT2D eigenvalue weighted by atomic mass is 14.8. The zero-order valence-corrected chi connectivity index (χ0v) is 8.62. The lowest BCUT2D eigenvalue weighted by Crippen LogP contribution is -2.04. The molecule has 0 bridgehead atoms. The molecule has 0 amide bonds. The molecule has 15 heavy (non-hydrogen) atoms. The van der Waals surface area contributed by atoms with Crippen molar-refractivity contribution in [2.75, 3.05) is 13.6 Å². The van der Waals surface area contributed by atoms with Crippen LogP contribution >= 0.6 is 0 Å². The fraction of sp³-hybridized carbons (Fsp3) is 0.154. The van der Waals surface area contributed by atoms with Gasteiger partial charge in [-0.15, -0.1) is 0 Å². The van der Waals surface area contributed by atoms with Crippen LogP contribution in [0.4, 0.5) is 0 Å². The molecule has 2 rings (SSSR count). The minimum absolute atomic E-state index is 0.709. The van der Waals surface area contributed by atoms with Gasteiger partial charge in [0.2, 0.25) is 0 Å². The molecule has 1 aromatic carbocycles. The molecule has 2 heteroatoms. The van der Waals surface area contributed by atoms with E-state index in [2.05, 4.69) is 22.1 Å². The molecule has 74 valence electrons. The number of hydrogen-bond acceptors (Lipinski definition) is 2. The van der Waals surface area contributed by atoms with E-state index < -0.39 is 0 Å². The quantitative estimate of drug-likeness (QED) is 0.703. The Morgan fingerprint density at radius 2 is 2.27 bits per heavy atom. The minimum atomic E-state index is 0.709. The van der Waals surface area contributed by atoms with Gasteiger partial charge < -0.3 is 5.32 Å². The molecule has 2 nitrogen and oxygen atoms in total. The van der Waals surface area contributed by atoms with Gasteiger partial charge in [0.15, 0.2) is 0 Å². The van der Waals surface area contributed by atoms with Crippen molar-refractivity contribution in [3.63, 3.8) is 0 Å². The van der Waals surface area contributed by atoms with Crippen LogP contribution in [0.15, 0.2) is 36.5 Å². The van der Waals surface area contributed by atoms with Crippen molar-refractivity contribution in [1.82, 2.24) is 10.3 Å². The number of pyridine rings is 1. The lowest BCUT2D eigenvalue weighted by molar-refractivity contribution is 0.938. The summed E-state index contributed by atoms with van der Waals surface area (Å²) >= 11 is 0. The fourth-order valence-electron chi connectivity index (χ4n) is 1.38. The molecule has 1 heterocycles. The van der Waals surface area contributed by atoms with Crippen LogP contribution < -0.4 is 5.32 Å². The van der Waals surface area contributed by atoms with Crippen molar-refractivity contribution in [2.24, 2.45) is 0 Å². The second kappa shape index (κ2) is 4.59. The lowest BCUT2D eigenvalue weighted by Gasteiger charge is -1.96. The Balaban J connectivity index is 2.36. The third-order valence-corrected chi connectivity index (χ3v) is 2.10. The number of nitrogens with zero attached hydrogens (tertiary/aromatic N) is 1. The molecule has 1 aromatic heterocycles. The van der Waals surface area contributed by atoms with Gasteiger partial charge in [0.25, 0.3) is 0 Å². The first-order valence-corrected chi connectivity index (χ1v) is 4.88. The average Bonchev–Trinajstić information content (AvgIpc) is 2.29. The molecule has 0 spiro atoms. The van der Waals surface area contributed by atoms with Crippen LogP contribution in [0.1, 0.15) is 5.56 Å². The normalized spacial score (nSPS) is 9.67. The zero-order valence-electron chi connectivity index (χ0n) is 8.62. The van der Waals surface area contributed by atoms with Crippen molar-refractivity contribution in [1.29, 1.82) is 0 Å². The molecule has 0 aliphatic heterocycles. The number of benzene rings is 1. The van der Waals surface area contributed by atoms with Gasteiger partial charge in [-0.1, -0.05) is 24.0 Å². The van der Waals surface area contributed by atoms with E-state index in [1.54, 1.807) is 6.20 Å². The van der Waals surface area contributed by atoms with E-state index in [0.29, 0.717) is 6.54 Å². The summed E-state index contributed by atoms with van der Waals surface area (Å²) < 4.78 is 0. The molecule has 2 aromatic rings. The van der Waals surface area contributed by atoms with E-state index >= 15 is 0 Å². The maximum absolute atomic E-state index is 4.29. The largest absolute Gasteiger partial charge is 0.309 e. The van der Waals surface area contributed by atoms with Gasteiger partial charge >= 0.3 is 0 Å². The SMILES string of the molecule is CNCC#Cc1ccc2cccnc2c1. The van der Waals surface area contributed by atoms with Gasteiger partial charge in [-0.2, -0.15) is 0 Å². The van der Waals surface area contributed by atoms with E-state index in [1.165, 1.54) is 0 Å². The first kappa shape index (κ1) is 9.70. The van der Waals surface area contributed by atoms with E-state index in [9.17, 15) is 0 Å². The van der Waals surface area contributed by atoms with Crippen LogP contribution in [0.25, 0.3) is 10.9 Å². The van der Waals surface area contributed by atoms with E-state index in [1.807, 2.05) is 37.4 Å². The van der Waals surface area contributed by atoms with Gasteiger partial charge in [-0.05, 0) is 25.2 Å². The first-order valence-electron chi connectivity index (χ1n) is 4.88. The monoisotopic (exact) mass is 196 g/mol. The summed E-state index contributed by atoms with van der Waals surface area (Å²) in [5.41, 5.74) is 2.00. The van der Waals surface area contributed by atoms with Crippen LogP contribution in [0.3, 0.4) is 0 Å². The second-order valence-corrected chi connectivity index (χ2v) is 3.24. The van der Waals surface area contributed by atoms with Gasteiger partial charge in [0.05, 0.1) is 12.1 Å². The number of rotatable bonds is 1. The first-order chi connectivity index (χ1) is 7.40. The summed E-state index contributed by atoms with van der Waals surface area (Å²) in [4.78, 5) is 4.29. The molecule has 0 atom stereocenters. The van der Waals surface area contributed by atoms with Gasteiger partial charge in [-0.25, -0.2) is 0 Å². The number of hydrogen-bond donors (Lipinski definition) is 1. The molecule has 0 saturated heterocycles. The Hall–Kier alpha value is -1.85. The summed E-state index contributed by atoms with van der Waals surface area (Å²) in [7, 11) is 1.89. The van der Waals surface area contributed by atoms with Gasteiger partial charge in [0, 0.05) is 17.1 Å². The summed E-state index contributed by atoms with van der Waals surface area (Å²) in [6.45, 7) is 0.709. The predicted molar refractivity (Wildman–Crippen MR) is 62.5 cm³/mol. The van der Waals surface area contributed by atoms with Crippen molar-refractivity contribution < 1.29 is 0 Å². The van der Waals surface area contributed by atoms with Crippen molar-refractivity contribution in [3.8, 4) is 11.8 Å². The Kier molecular flexibility index (Phi) is 2.96. The Bertz CT molecular complexity index is 521. The van der Waals surface area contributed by atoms with Gasteiger partial charge in [0.1, 0.15) is 0 Å². The number of aromatic nitrogens is 1. The van der Waals surface area contributed by atoms with Crippen molar-refractivity contribution >= 4 is 10.9 Å². The maximum atomic E-state index is 4.29. The summed E-state index contributed by atoms with van der Waals surface area (Å²) in [5, 5.41) is 4.14. The van der Waals surface area contributed by atoms with Gasteiger partial charge in [-0.3, -0.25) is 4.98 Å². The third-order valence-electron chi connectivity index (χ3n) is 2.10.